The number of carbonyl (C=O) groups excluding carboxylic acids is 2. The minimum Gasteiger partial charge on any atom is -0.318 e. The summed E-state index contributed by atoms with van der Waals surface area (Å²) in [5.41, 5.74) is -0.773. The van der Waals surface area contributed by atoms with Gasteiger partial charge in [-0.15, -0.1) is 11.3 Å². The van der Waals surface area contributed by atoms with Gasteiger partial charge in [-0.1, -0.05) is 6.07 Å². The first-order valence-electron chi connectivity index (χ1n) is 4.91. The number of rotatable bonds is 2. The average molecular weight is 222 g/mol. The van der Waals surface area contributed by atoms with E-state index in [1.54, 1.807) is 0 Å². The van der Waals surface area contributed by atoms with Gasteiger partial charge in [0.25, 0.3) is 5.91 Å². The summed E-state index contributed by atoms with van der Waals surface area (Å²) in [5.74, 6) is 0.0695. The lowest BCUT2D eigenvalue weighted by Crippen LogP contribution is -2.45. The molecule has 2 aliphatic rings. The van der Waals surface area contributed by atoms with Gasteiger partial charge in [-0.2, -0.15) is 0 Å². The summed E-state index contributed by atoms with van der Waals surface area (Å²) < 4.78 is 0. The predicted octanol–water partition coefficient (Wildman–Crippen LogP) is 1.19. The van der Waals surface area contributed by atoms with Gasteiger partial charge in [0.05, 0.1) is 0 Å². The molecular formula is C10H10N2O2S. The SMILES string of the molecule is O=C1NC(=O)[C@](c2cccs2)(C2CC2)N1. The van der Waals surface area contributed by atoms with Crippen LogP contribution in [0, 0.1) is 5.92 Å². The number of hydrogen-bond acceptors (Lipinski definition) is 3. The Kier molecular flexibility index (Phi) is 1.68. The maximum atomic E-state index is 11.9. The predicted molar refractivity (Wildman–Crippen MR) is 55.4 cm³/mol. The van der Waals surface area contributed by atoms with Gasteiger partial charge in [-0.3, -0.25) is 10.1 Å². The molecule has 15 heavy (non-hydrogen) atoms. The van der Waals surface area contributed by atoms with E-state index in [9.17, 15) is 9.59 Å². The molecule has 0 spiro atoms. The molecule has 1 aromatic heterocycles. The van der Waals surface area contributed by atoms with Crippen molar-refractivity contribution in [2.24, 2.45) is 5.92 Å². The monoisotopic (exact) mass is 222 g/mol. The van der Waals surface area contributed by atoms with Crippen molar-refractivity contribution in [1.29, 1.82) is 0 Å². The van der Waals surface area contributed by atoms with E-state index in [1.165, 1.54) is 11.3 Å². The van der Waals surface area contributed by atoms with Crippen molar-refractivity contribution in [1.82, 2.24) is 10.6 Å². The van der Waals surface area contributed by atoms with E-state index < -0.39 is 5.54 Å². The highest BCUT2D eigenvalue weighted by Crippen LogP contribution is 2.48. The molecule has 1 aromatic rings. The van der Waals surface area contributed by atoms with Gasteiger partial charge in [0.2, 0.25) is 0 Å². The smallest absolute Gasteiger partial charge is 0.318 e. The van der Waals surface area contributed by atoms with E-state index in [1.807, 2.05) is 17.5 Å². The average Bonchev–Trinajstić information content (AvgIpc) is 2.80. The first-order chi connectivity index (χ1) is 7.23. The number of imide groups is 1. The molecule has 0 aromatic carbocycles. The molecule has 1 saturated heterocycles. The summed E-state index contributed by atoms with van der Waals surface area (Å²) in [7, 11) is 0. The Bertz CT molecular complexity index is 425. The molecule has 2 fully saturated rings. The molecule has 0 bridgehead atoms. The summed E-state index contributed by atoms with van der Waals surface area (Å²) in [6.45, 7) is 0. The molecule has 1 saturated carbocycles. The zero-order valence-corrected chi connectivity index (χ0v) is 8.76. The largest absolute Gasteiger partial charge is 0.322 e. The van der Waals surface area contributed by atoms with E-state index in [4.69, 9.17) is 0 Å². The van der Waals surface area contributed by atoms with Gasteiger partial charge in [0.15, 0.2) is 5.54 Å². The fourth-order valence-electron chi connectivity index (χ4n) is 2.15. The molecule has 3 rings (SSSR count). The first-order valence-corrected chi connectivity index (χ1v) is 5.79. The van der Waals surface area contributed by atoms with Crippen LogP contribution in [0.4, 0.5) is 4.79 Å². The number of hydrogen-bond donors (Lipinski definition) is 2. The summed E-state index contributed by atoms with van der Waals surface area (Å²) in [6.07, 6.45) is 2.01. The number of carbonyl (C=O) groups is 2. The zero-order chi connectivity index (χ0) is 10.5. The number of urea groups is 1. The van der Waals surface area contributed by atoms with Crippen LogP contribution in [0.5, 0.6) is 0 Å². The lowest BCUT2D eigenvalue weighted by molar-refractivity contribution is -0.124. The van der Waals surface area contributed by atoms with Crippen LogP contribution in [0.3, 0.4) is 0 Å². The van der Waals surface area contributed by atoms with Crippen LogP contribution >= 0.6 is 11.3 Å². The van der Waals surface area contributed by atoms with Crippen molar-refractivity contribution in [2.75, 3.05) is 0 Å². The normalized spacial score (nSPS) is 30.1. The third-order valence-electron chi connectivity index (χ3n) is 3.00. The molecular weight excluding hydrogens is 212 g/mol. The van der Waals surface area contributed by atoms with Crippen molar-refractivity contribution in [3.05, 3.63) is 22.4 Å². The highest BCUT2D eigenvalue weighted by Gasteiger charge is 2.57. The van der Waals surface area contributed by atoms with Crippen molar-refractivity contribution >= 4 is 23.3 Å². The van der Waals surface area contributed by atoms with Crippen LogP contribution in [0.2, 0.25) is 0 Å². The minimum atomic E-state index is -0.773. The fourth-order valence-corrected chi connectivity index (χ4v) is 3.11. The second kappa shape index (κ2) is 2.82. The summed E-state index contributed by atoms with van der Waals surface area (Å²) in [5, 5.41) is 7.06. The van der Waals surface area contributed by atoms with E-state index in [2.05, 4.69) is 10.6 Å². The molecule has 1 aliphatic heterocycles. The van der Waals surface area contributed by atoms with Crippen LogP contribution in [0.25, 0.3) is 0 Å². The maximum Gasteiger partial charge on any atom is 0.322 e. The van der Waals surface area contributed by atoms with Gasteiger partial charge in [0.1, 0.15) is 0 Å². The van der Waals surface area contributed by atoms with Gasteiger partial charge < -0.3 is 5.32 Å². The molecule has 3 amide bonds. The second-order valence-electron chi connectivity index (χ2n) is 3.97. The van der Waals surface area contributed by atoms with E-state index in [0.29, 0.717) is 0 Å². The molecule has 2 heterocycles. The van der Waals surface area contributed by atoms with Crippen LogP contribution in [0.15, 0.2) is 17.5 Å². The van der Waals surface area contributed by atoms with Gasteiger partial charge in [0, 0.05) is 4.88 Å². The van der Waals surface area contributed by atoms with Crippen LogP contribution < -0.4 is 10.6 Å². The van der Waals surface area contributed by atoms with Gasteiger partial charge >= 0.3 is 6.03 Å². The summed E-state index contributed by atoms with van der Waals surface area (Å²) >= 11 is 1.52. The van der Waals surface area contributed by atoms with Crippen molar-refractivity contribution in [3.8, 4) is 0 Å². The fraction of sp³-hybridized carbons (Fsp3) is 0.400. The molecule has 5 heteroatoms. The quantitative estimate of drug-likeness (QED) is 0.738. The van der Waals surface area contributed by atoms with E-state index in [-0.39, 0.29) is 17.9 Å². The Morgan fingerprint density at radius 3 is 2.67 bits per heavy atom. The Morgan fingerprint density at radius 2 is 2.20 bits per heavy atom. The van der Waals surface area contributed by atoms with E-state index >= 15 is 0 Å². The molecule has 4 nitrogen and oxygen atoms in total. The molecule has 1 atom stereocenters. The Balaban J connectivity index is 2.10. The summed E-state index contributed by atoms with van der Waals surface area (Å²) in [4.78, 5) is 24.1. The minimum absolute atomic E-state index is 0.197. The van der Waals surface area contributed by atoms with Crippen molar-refractivity contribution in [3.63, 3.8) is 0 Å². The third kappa shape index (κ3) is 1.13. The molecule has 78 valence electrons. The molecule has 1 aliphatic carbocycles. The number of nitrogens with one attached hydrogen (secondary N) is 2. The lowest BCUT2D eigenvalue weighted by atomic mass is 9.91. The maximum absolute atomic E-state index is 11.9. The van der Waals surface area contributed by atoms with E-state index in [0.717, 1.165) is 17.7 Å². The molecule has 0 unspecified atom stereocenters. The topological polar surface area (TPSA) is 58.2 Å². The van der Waals surface area contributed by atoms with Crippen LogP contribution in [0.1, 0.15) is 17.7 Å². The Morgan fingerprint density at radius 1 is 1.40 bits per heavy atom. The molecule has 2 N–H and O–H groups in total. The Labute approximate surface area is 90.7 Å². The Hall–Kier alpha value is -1.36. The third-order valence-corrected chi connectivity index (χ3v) is 4.00. The van der Waals surface area contributed by atoms with Crippen LogP contribution in [-0.4, -0.2) is 11.9 Å². The zero-order valence-electron chi connectivity index (χ0n) is 7.95. The van der Waals surface area contributed by atoms with Gasteiger partial charge in [-0.25, -0.2) is 4.79 Å². The number of thiophene rings is 1. The summed E-state index contributed by atoms with van der Waals surface area (Å²) in [6, 6.07) is 3.44. The highest BCUT2D eigenvalue weighted by molar-refractivity contribution is 7.10. The van der Waals surface area contributed by atoms with Crippen molar-refractivity contribution in [2.45, 2.75) is 18.4 Å². The standard InChI is InChI=1S/C10H10N2O2S/c13-8-10(6-3-4-6,12-9(14)11-8)7-2-1-5-15-7/h1-2,5-6H,3-4H2,(H2,11,12,13,14)/t10-/m1/s1. The highest BCUT2D eigenvalue weighted by atomic mass is 32.1. The number of amides is 3. The van der Waals surface area contributed by atoms with Crippen LogP contribution in [-0.2, 0) is 10.3 Å². The second-order valence-corrected chi connectivity index (χ2v) is 4.92. The lowest BCUT2D eigenvalue weighted by Gasteiger charge is -2.24. The first kappa shape index (κ1) is 8.91. The van der Waals surface area contributed by atoms with Gasteiger partial charge in [-0.05, 0) is 30.2 Å². The van der Waals surface area contributed by atoms with Crippen molar-refractivity contribution < 1.29 is 9.59 Å². The molecule has 0 radical (unpaired) electrons.